The van der Waals surface area contributed by atoms with Crippen LogP contribution in [0.5, 0.6) is 5.75 Å². The van der Waals surface area contributed by atoms with E-state index in [0.29, 0.717) is 11.8 Å². The molecule has 0 aliphatic rings. The molecule has 3 heteroatoms. The number of phenolic OH excluding ortho intramolecular Hbond substituents is 1. The molecule has 1 atom stereocenters. The van der Waals surface area contributed by atoms with Gasteiger partial charge in [-0.1, -0.05) is 26.0 Å². The molecular formula is C16H28N2O. The number of nitrogens with zero attached hydrogens (tertiary/aromatic N) is 1. The Hall–Kier alpha value is -1.06. The summed E-state index contributed by atoms with van der Waals surface area (Å²) in [5.41, 5.74) is 1.34. The summed E-state index contributed by atoms with van der Waals surface area (Å²) >= 11 is 0. The van der Waals surface area contributed by atoms with Gasteiger partial charge in [0, 0.05) is 11.6 Å². The predicted molar refractivity (Wildman–Crippen MR) is 81.7 cm³/mol. The van der Waals surface area contributed by atoms with Crippen LogP contribution in [0.1, 0.15) is 33.3 Å². The minimum absolute atomic E-state index is 0.0934. The molecule has 0 spiro atoms. The second-order valence-electron chi connectivity index (χ2n) is 5.54. The maximum Gasteiger partial charge on any atom is 0.115 e. The quantitative estimate of drug-likeness (QED) is 0.795. The Kier molecular flexibility index (Phi) is 5.83. The molecule has 2 N–H and O–H groups in total. The third-order valence-corrected chi connectivity index (χ3v) is 4.16. The maximum absolute atomic E-state index is 9.35. The third kappa shape index (κ3) is 3.95. The Morgan fingerprint density at radius 2 is 1.68 bits per heavy atom. The average Bonchev–Trinajstić information content (AvgIpc) is 2.38. The first-order chi connectivity index (χ1) is 8.95. The summed E-state index contributed by atoms with van der Waals surface area (Å²) in [4.78, 5) is 2.48. The first-order valence-corrected chi connectivity index (χ1v) is 7.15. The van der Waals surface area contributed by atoms with E-state index in [1.54, 1.807) is 12.1 Å². The summed E-state index contributed by atoms with van der Waals surface area (Å²) in [7, 11) is 2.02. The zero-order chi connectivity index (χ0) is 14.5. The Labute approximate surface area is 117 Å². The molecule has 3 nitrogen and oxygen atoms in total. The lowest BCUT2D eigenvalue weighted by atomic mass is 9.87. The van der Waals surface area contributed by atoms with Gasteiger partial charge in [0.05, 0.1) is 0 Å². The van der Waals surface area contributed by atoms with E-state index in [9.17, 15) is 5.11 Å². The summed E-state index contributed by atoms with van der Waals surface area (Å²) in [6.45, 7) is 11.1. The zero-order valence-electron chi connectivity index (χ0n) is 12.9. The number of benzene rings is 1. The number of aromatic hydroxyl groups is 1. The van der Waals surface area contributed by atoms with Gasteiger partial charge in [0.15, 0.2) is 0 Å². The Balaban J connectivity index is 2.84. The Morgan fingerprint density at radius 3 is 2.11 bits per heavy atom. The third-order valence-electron chi connectivity index (χ3n) is 4.16. The molecule has 0 fully saturated rings. The fraction of sp³-hybridized carbons (Fsp3) is 0.625. The van der Waals surface area contributed by atoms with E-state index < -0.39 is 0 Å². The van der Waals surface area contributed by atoms with Crippen molar-refractivity contribution in [2.24, 2.45) is 0 Å². The lowest BCUT2D eigenvalue weighted by Crippen LogP contribution is -2.57. The summed E-state index contributed by atoms with van der Waals surface area (Å²) in [6, 6.07) is 7.88. The summed E-state index contributed by atoms with van der Waals surface area (Å²) in [5.74, 6) is 0.327. The number of likely N-dealkylation sites (N-methyl/N-ethyl adjacent to an activating group) is 2. The lowest BCUT2D eigenvalue weighted by Gasteiger charge is -2.43. The van der Waals surface area contributed by atoms with Gasteiger partial charge >= 0.3 is 0 Å². The minimum atomic E-state index is 0.0934. The minimum Gasteiger partial charge on any atom is -0.508 e. The van der Waals surface area contributed by atoms with Crippen molar-refractivity contribution in [3.05, 3.63) is 29.8 Å². The molecule has 1 rings (SSSR count). The number of hydrogen-bond donors (Lipinski definition) is 2. The van der Waals surface area contributed by atoms with Gasteiger partial charge in [-0.3, -0.25) is 4.90 Å². The van der Waals surface area contributed by atoms with Gasteiger partial charge in [-0.25, -0.2) is 0 Å². The normalized spacial score (nSPS) is 13.8. The first-order valence-electron chi connectivity index (χ1n) is 7.15. The van der Waals surface area contributed by atoms with Gasteiger partial charge in [0.25, 0.3) is 0 Å². The van der Waals surface area contributed by atoms with E-state index >= 15 is 0 Å². The monoisotopic (exact) mass is 264 g/mol. The van der Waals surface area contributed by atoms with Gasteiger partial charge in [-0.15, -0.1) is 0 Å². The van der Waals surface area contributed by atoms with Crippen molar-refractivity contribution in [3.8, 4) is 5.75 Å². The van der Waals surface area contributed by atoms with E-state index in [1.165, 1.54) is 5.56 Å². The second-order valence-corrected chi connectivity index (χ2v) is 5.54. The first kappa shape index (κ1) is 16.0. The smallest absolute Gasteiger partial charge is 0.115 e. The van der Waals surface area contributed by atoms with Crippen LogP contribution in [0.15, 0.2) is 24.3 Å². The highest BCUT2D eigenvalue weighted by Gasteiger charge is 2.32. The SMILES string of the molecule is CCN(CC)C(C)(C)C(Cc1ccc(O)cc1)NC. The molecule has 108 valence electrons. The molecule has 1 aromatic carbocycles. The maximum atomic E-state index is 9.35. The number of hydrogen-bond acceptors (Lipinski definition) is 3. The Bertz CT molecular complexity index is 369. The molecule has 19 heavy (non-hydrogen) atoms. The summed E-state index contributed by atoms with van der Waals surface area (Å²) in [5, 5.41) is 12.8. The molecule has 0 aliphatic heterocycles. The van der Waals surface area contributed by atoms with Crippen molar-refractivity contribution in [2.45, 2.75) is 45.7 Å². The lowest BCUT2D eigenvalue weighted by molar-refractivity contribution is 0.0944. The van der Waals surface area contributed by atoms with E-state index in [4.69, 9.17) is 0 Å². The van der Waals surface area contributed by atoms with Crippen LogP contribution in [-0.4, -0.2) is 41.7 Å². The van der Waals surface area contributed by atoms with Gasteiger partial charge in [0.2, 0.25) is 0 Å². The second kappa shape index (κ2) is 6.92. The average molecular weight is 264 g/mol. The van der Waals surface area contributed by atoms with Crippen molar-refractivity contribution in [3.63, 3.8) is 0 Å². The molecule has 0 saturated carbocycles. The van der Waals surface area contributed by atoms with Crippen molar-refractivity contribution >= 4 is 0 Å². The van der Waals surface area contributed by atoms with Gasteiger partial charge in [0.1, 0.15) is 5.75 Å². The van der Waals surface area contributed by atoms with E-state index in [-0.39, 0.29) is 5.54 Å². The molecule has 0 heterocycles. The molecular weight excluding hydrogens is 236 g/mol. The van der Waals surface area contributed by atoms with Crippen LogP contribution in [0.4, 0.5) is 0 Å². The largest absolute Gasteiger partial charge is 0.508 e. The number of nitrogens with one attached hydrogen (secondary N) is 1. The van der Waals surface area contributed by atoms with Crippen LogP contribution < -0.4 is 5.32 Å². The topological polar surface area (TPSA) is 35.5 Å². The van der Waals surface area contributed by atoms with Crippen LogP contribution >= 0.6 is 0 Å². The Morgan fingerprint density at radius 1 is 1.16 bits per heavy atom. The van der Waals surface area contributed by atoms with E-state index in [0.717, 1.165) is 19.5 Å². The van der Waals surface area contributed by atoms with Gasteiger partial charge < -0.3 is 10.4 Å². The number of phenols is 1. The van der Waals surface area contributed by atoms with Crippen LogP contribution in [0.25, 0.3) is 0 Å². The molecule has 0 aromatic heterocycles. The standard InChI is InChI=1S/C16H28N2O/c1-6-18(7-2)16(3,4)15(17-5)12-13-8-10-14(19)11-9-13/h8-11,15,17,19H,6-7,12H2,1-5H3. The molecule has 1 aromatic rings. The highest BCUT2D eigenvalue weighted by molar-refractivity contribution is 5.27. The molecule has 0 aliphatic carbocycles. The summed E-state index contributed by atoms with van der Waals surface area (Å²) in [6.07, 6.45) is 0.959. The van der Waals surface area contributed by atoms with Crippen molar-refractivity contribution in [2.75, 3.05) is 20.1 Å². The highest BCUT2D eigenvalue weighted by atomic mass is 16.3. The van der Waals surface area contributed by atoms with Crippen LogP contribution in [0, 0.1) is 0 Å². The molecule has 0 saturated heterocycles. The fourth-order valence-electron chi connectivity index (χ4n) is 2.83. The predicted octanol–water partition coefficient (Wildman–Crippen LogP) is 2.64. The van der Waals surface area contributed by atoms with E-state index in [2.05, 4.69) is 37.9 Å². The van der Waals surface area contributed by atoms with Crippen LogP contribution in [-0.2, 0) is 6.42 Å². The van der Waals surface area contributed by atoms with Crippen LogP contribution in [0.2, 0.25) is 0 Å². The molecule has 0 radical (unpaired) electrons. The van der Waals surface area contributed by atoms with Gasteiger partial charge in [-0.05, 0) is 58.1 Å². The van der Waals surface area contributed by atoms with Crippen molar-refractivity contribution in [1.82, 2.24) is 10.2 Å². The van der Waals surface area contributed by atoms with Crippen molar-refractivity contribution in [1.29, 1.82) is 0 Å². The van der Waals surface area contributed by atoms with Gasteiger partial charge in [-0.2, -0.15) is 0 Å². The van der Waals surface area contributed by atoms with Crippen LogP contribution in [0.3, 0.4) is 0 Å². The molecule has 1 unspecified atom stereocenters. The molecule has 0 amide bonds. The number of rotatable bonds is 7. The zero-order valence-corrected chi connectivity index (χ0v) is 12.9. The fourth-order valence-corrected chi connectivity index (χ4v) is 2.83. The molecule has 0 bridgehead atoms. The summed E-state index contributed by atoms with van der Waals surface area (Å²) < 4.78 is 0. The van der Waals surface area contributed by atoms with E-state index in [1.807, 2.05) is 19.2 Å². The highest BCUT2D eigenvalue weighted by Crippen LogP contribution is 2.22. The van der Waals surface area contributed by atoms with Crippen molar-refractivity contribution < 1.29 is 5.11 Å².